The Bertz CT molecular complexity index is 1190. The Morgan fingerprint density at radius 1 is 0.938 bits per heavy atom. The number of rotatable bonds is 6. The molecule has 2 aromatic heterocycles. The number of nitrogens with zero attached hydrogens (tertiary/aromatic N) is 4. The summed E-state index contributed by atoms with van der Waals surface area (Å²) in [6.07, 6.45) is 8.44. The summed E-state index contributed by atoms with van der Waals surface area (Å²) in [5.41, 5.74) is 5.20. The number of aliphatic hydroxyl groups excluding tert-OH is 1. The molecule has 1 fully saturated rings. The molecule has 2 aromatic carbocycles. The number of benzene rings is 2. The van der Waals surface area contributed by atoms with Gasteiger partial charge in [-0.2, -0.15) is 0 Å². The summed E-state index contributed by atoms with van der Waals surface area (Å²) < 4.78 is 6.34. The average molecular weight is 427 g/mol. The first-order valence-corrected chi connectivity index (χ1v) is 11.0. The summed E-state index contributed by atoms with van der Waals surface area (Å²) in [7, 11) is 0. The van der Waals surface area contributed by atoms with Gasteiger partial charge in [0.1, 0.15) is 18.7 Å². The minimum Gasteiger partial charge on any atom is -0.488 e. The van der Waals surface area contributed by atoms with Crippen molar-refractivity contribution in [2.24, 2.45) is 0 Å². The number of aliphatic hydroxyl groups is 1. The molecule has 6 nitrogen and oxygen atoms in total. The van der Waals surface area contributed by atoms with Crippen LogP contribution in [0.5, 0.6) is 5.75 Å². The van der Waals surface area contributed by atoms with Crippen molar-refractivity contribution in [3.8, 4) is 16.9 Å². The largest absolute Gasteiger partial charge is 0.488 e. The predicted octanol–water partition coefficient (Wildman–Crippen LogP) is 4.23. The number of para-hydroxylation sites is 1. The Labute approximate surface area is 187 Å². The highest BCUT2D eigenvalue weighted by Gasteiger charge is 2.19. The molecule has 0 aliphatic carbocycles. The van der Waals surface area contributed by atoms with E-state index in [1.54, 1.807) is 6.33 Å². The van der Waals surface area contributed by atoms with Crippen LogP contribution in [0.25, 0.3) is 22.0 Å². The van der Waals surface area contributed by atoms with E-state index in [9.17, 15) is 5.11 Å². The smallest absolute Gasteiger partial charge is 0.124 e. The molecule has 1 N–H and O–H groups in total. The Morgan fingerprint density at radius 3 is 2.59 bits per heavy atom. The standard InChI is InChI=1S/C26H26N4O2/c31-24-8-11-30(12-9-24)16-22-13-20(23-14-27-18-28-15-23)6-7-25(22)32-17-21-4-1-3-19-5-2-10-29-26(19)21/h1-7,10,13-15,18,24,31H,8-9,11-12,16-17H2. The molecular formula is C26H26N4O2. The third kappa shape index (κ3) is 4.61. The second kappa shape index (κ2) is 9.42. The number of ether oxygens (including phenoxy) is 1. The lowest BCUT2D eigenvalue weighted by atomic mass is 10.0. The number of hydrogen-bond acceptors (Lipinski definition) is 6. The van der Waals surface area contributed by atoms with Crippen molar-refractivity contribution in [2.45, 2.75) is 32.1 Å². The van der Waals surface area contributed by atoms with E-state index in [1.807, 2.05) is 36.8 Å². The monoisotopic (exact) mass is 426 g/mol. The van der Waals surface area contributed by atoms with Crippen molar-refractivity contribution >= 4 is 10.9 Å². The van der Waals surface area contributed by atoms with Crippen LogP contribution in [0.2, 0.25) is 0 Å². The second-order valence-electron chi connectivity index (χ2n) is 8.24. The molecule has 3 heterocycles. The Kier molecular flexibility index (Phi) is 6.05. The molecule has 1 aliphatic rings. The lowest BCUT2D eigenvalue weighted by Crippen LogP contribution is -2.35. The van der Waals surface area contributed by atoms with Crippen LogP contribution in [0.4, 0.5) is 0 Å². The molecule has 0 saturated carbocycles. The fourth-order valence-electron chi connectivity index (χ4n) is 4.23. The van der Waals surface area contributed by atoms with Gasteiger partial charge in [-0.05, 0) is 36.6 Å². The van der Waals surface area contributed by atoms with Gasteiger partial charge < -0.3 is 9.84 Å². The van der Waals surface area contributed by atoms with Gasteiger partial charge in [-0.1, -0.05) is 30.3 Å². The van der Waals surface area contributed by atoms with Crippen LogP contribution in [0.15, 0.2) is 73.4 Å². The minimum atomic E-state index is -0.186. The van der Waals surface area contributed by atoms with Crippen LogP contribution in [0.1, 0.15) is 24.0 Å². The SMILES string of the molecule is OC1CCN(Cc2cc(-c3cncnc3)ccc2OCc2cccc3cccnc23)CC1. The topological polar surface area (TPSA) is 71.4 Å². The molecule has 4 aromatic rings. The van der Waals surface area contributed by atoms with Crippen molar-refractivity contribution in [3.05, 3.63) is 84.6 Å². The molecule has 0 atom stereocenters. The van der Waals surface area contributed by atoms with Gasteiger partial charge in [-0.3, -0.25) is 9.88 Å². The number of fused-ring (bicyclic) bond motifs is 1. The van der Waals surface area contributed by atoms with Crippen LogP contribution >= 0.6 is 0 Å². The van der Waals surface area contributed by atoms with E-state index in [4.69, 9.17) is 4.74 Å². The van der Waals surface area contributed by atoms with Gasteiger partial charge in [0.2, 0.25) is 0 Å². The quantitative estimate of drug-likeness (QED) is 0.498. The number of likely N-dealkylation sites (tertiary alicyclic amines) is 1. The summed E-state index contributed by atoms with van der Waals surface area (Å²) in [6.45, 7) is 2.99. The Hall–Kier alpha value is -3.35. The number of piperidine rings is 1. The van der Waals surface area contributed by atoms with Crippen LogP contribution in [0.3, 0.4) is 0 Å². The summed E-state index contributed by atoms with van der Waals surface area (Å²) >= 11 is 0. The first-order chi connectivity index (χ1) is 15.8. The van der Waals surface area contributed by atoms with Gasteiger partial charge in [-0.15, -0.1) is 0 Å². The maximum Gasteiger partial charge on any atom is 0.124 e. The fraction of sp³-hybridized carbons (Fsp3) is 0.269. The molecule has 1 saturated heterocycles. The molecule has 162 valence electrons. The molecular weight excluding hydrogens is 400 g/mol. The highest BCUT2D eigenvalue weighted by molar-refractivity contribution is 5.81. The van der Waals surface area contributed by atoms with E-state index in [2.05, 4.69) is 50.2 Å². The van der Waals surface area contributed by atoms with Crippen LogP contribution < -0.4 is 4.74 Å². The summed E-state index contributed by atoms with van der Waals surface area (Å²) in [6, 6.07) is 16.5. The van der Waals surface area contributed by atoms with Gasteiger partial charge >= 0.3 is 0 Å². The first-order valence-electron chi connectivity index (χ1n) is 11.0. The molecule has 32 heavy (non-hydrogen) atoms. The van der Waals surface area contributed by atoms with Crippen molar-refractivity contribution in [1.82, 2.24) is 19.9 Å². The zero-order valence-corrected chi connectivity index (χ0v) is 17.9. The molecule has 1 aliphatic heterocycles. The van der Waals surface area contributed by atoms with E-state index >= 15 is 0 Å². The van der Waals surface area contributed by atoms with E-state index < -0.39 is 0 Å². The maximum atomic E-state index is 9.87. The Balaban J connectivity index is 1.42. The van der Waals surface area contributed by atoms with Gasteiger partial charge in [-0.25, -0.2) is 9.97 Å². The van der Waals surface area contributed by atoms with Crippen LogP contribution in [-0.4, -0.2) is 44.2 Å². The molecule has 5 rings (SSSR count). The zero-order chi connectivity index (χ0) is 21.8. The van der Waals surface area contributed by atoms with E-state index in [0.29, 0.717) is 6.61 Å². The van der Waals surface area contributed by atoms with Crippen LogP contribution in [-0.2, 0) is 13.2 Å². The van der Waals surface area contributed by atoms with Crippen molar-refractivity contribution in [3.63, 3.8) is 0 Å². The lowest BCUT2D eigenvalue weighted by Gasteiger charge is -2.30. The molecule has 0 unspecified atom stereocenters. The van der Waals surface area contributed by atoms with Crippen molar-refractivity contribution < 1.29 is 9.84 Å². The lowest BCUT2D eigenvalue weighted by molar-refractivity contribution is 0.0787. The second-order valence-corrected chi connectivity index (χ2v) is 8.24. The van der Waals surface area contributed by atoms with Gasteiger partial charge in [0.25, 0.3) is 0 Å². The van der Waals surface area contributed by atoms with Gasteiger partial charge in [0.15, 0.2) is 0 Å². The number of hydrogen-bond donors (Lipinski definition) is 1. The predicted molar refractivity (Wildman–Crippen MR) is 124 cm³/mol. The summed E-state index contributed by atoms with van der Waals surface area (Å²) in [4.78, 5) is 15.2. The van der Waals surface area contributed by atoms with Gasteiger partial charge in [0.05, 0.1) is 11.6 Å². The third-order valence-corrected chi connectivity index (χ3v) is 6.00. The summed E-state index contributed by atoms with van der Waals surface area (Å²) in [5.74, 6) is 0.865. The number of aromatic nitrogens is 3. The molecule has 0 radical (unpaired) electrons. The van der Waals surface area contributed by atoms with Gasteiger partial charge in [0, 0.05) is 60.3 Å². The van der Waals surface area contributed by atoms with Crippen molar-refractivity contribution in [2.75, 3.05) is 13.1 Å². The Morgan fingerprint density at radius 2 is 1.75 bits per heavy atom. The minimum absolute atomic E-state index is 0.186. The normalized spacial score (nSPS) is 15.2. The maximum absolute atomic E-state index is 9.87. The van der Waals surface area contributed by atoms with Crippen LogP contribution in [0, 0.1) is 0 Å². The fourth-order valence-corrected chi connectivity index (χ4v) is 4.23. The molecule has 0 amide bonds. The van der Waals surface area contributed by atoms with Crippen molar-refractivity contribution in [1.29, 1.82) is 0 Å². The van der Waals surface area contributed by atoms with E-state index in [-0.39, 0.29) is 6.10 Å². The highest BCUT2D eigenvalue weighted by atomic mass is 16.5. The third-order valence-electron chi connectivity index (χ3n) is 6.00. The summed E-state index contributed by atoms with van der Waals surface area (Å²) in [5, 5.41) is 11.0. The molecule has 0 bridgehead atoms. The number of pyridine rings is 1. The first kappa shape index (κ1) is 20.5. The zero-order valence-electron chi connectivity index (χ0n) is 17.9. The molecule has 0 spiro atoms. The van der Waals surface area contributed by atoms with E-state index in [0.717, 1.165) is 71.4 Å². The average Bonchev–Trinajstić information content (AvgIpc) is 2.85. The molecule has 6 heteroatoms. The van der Waals surface area contributed by atoms with E-state index in [1.165, 1.54) is 0 Å². The highest BCUT2D eigenvalue weighted by Crippen LogP contribution is 2.29.